The van der Waals surface area contributed by atoms with Gasteiger partial charge in [-0.2, -0.15) is 0 Å². The van der Waals surface area contributed by atoms with Crippen LogP contribution in [0.15, 0.2) is 60.7 Å². The fourth-order valence-corrected chi connectivity index (χ4v) is 1.85. The van der Waals surface area contributed by atoms with Crippen molar-refractivity contribution in [3.63, 3.8) is 0 Å². The van der Waals surface area contributed by atoms with E-state index in [-0.39, 0.29) is 0 Å². The summed E-state index contributed by atoms with van der Waals surface area (Å²) in [5, 5.41) is 8.80. The van der Waals surface area contributed by atoms with Gasteiger partial charge in [0.2, 0.25) is 0 Å². The normalized spacial score (nSPS) is 10.7. The molecular formula is C17H16O2. The molecular weight excluding hydrogens is 236 g/mol. The lowest BCUT2D eigenvalue weighted by atomic mass is 10.1. The van der Waals surface area contributed by atoms with Crippen molar-refractivity contribution in [1.82, 2.24) is 0 Å². The Bertz CT molecular complexity index is 554. The first-order valence-electron chi connectivity index (χ1n) is 6.29. The van der Waals surface area contributed by atoms with Gasteiger partial charge in [-0.3, -0.25) is 0 Å². The predicted octanol–water partition coefficient (Wildman–Crippen LogP) is 4.03. The molecule has 0 spiro atoms. The third-order valence-corrected chi connectivity index (χ3v) is 2.91. The van der Waals surface area contributed by atoms with Crippen LogP contribution in [-0.4, -0.2) is 11.1 Å². The minimum absolute atomic E-state index is 0.321. The van der Waals surface area contributed by atoms with Gasteiger partial charge in [0.15, 0.2) is 0 Å². The summed E-state index contributed by atoms with van der Waals surface area (Å²) in [6, 6.07) is 17.2. The molecule has 0 amide bonds. The van der Waals surface area contributed by atoms with Gasteiger partial charge in [0.1, 0.15) is 0 Å². The smallest absolute Gasteiger partial charge is 0.335 e. The van der Waals surface area contributed by atoms with Crippen molar-refractivity contribution in [2.75, 3.05) is 0 Å². The molecule has 0 aliphatic heterocycles. The number of benzene rings is 2. The molecule has 2 nitrogen and oxygen atoms in total. The average Bonchev–Trinajstić information content (AvgIpc) is 2.45. The van der Waals surface area contributed by atoms with Gasteiger partial charge >= 0.3 is 5.97 Å². The van der Waals surface area contributed by atoms with E-state index in [0.29, 0.717) is 5.56 Å². The Labute approximate surface area is 113 Å². The minimum Gasteiger partial charge on any atom is -0.478 e. The van der Waals surface area contributed by atoms with E-state index >= 15 is 0 Å². The Morgan fingerprint density at radius 3 is 2.32 bits per heavy atom. The summed E-state index contributed by atoms with van der Waals surface area (Å²) in [5.41, 5.74) is 2.67. The van der Waals surface area contributed by atoms with Crippen molar-refractivity contribution in [3.05, 3.63) is 77.4 Å². The second kappa shape index (κ2) is 6.55. The number of aryl methyl sites for hydroxylation is 1. The van der Waals surface area contributed by atoms with E-state index in [1.54, 1.807) is 12.1 Å². The van der Waals surface area contributed by atoms with E-state index in [9.17, 15) is 4.79 Å². The Hall–Kier alpha value is -2.35. The SMILES string of the molecule is O=C(O)c1ccc(C=CCCc2ccccc2)cc1. The first kappa shape index (κ1) is 13.1. The highest BCUT2D eigenvalue weighted by atomic mass is 16.4. The third-order valence-electron chi connectivity index (χ3n) is 2.91. The maximum absolute atomic E-state index is 10.7. The lowest BCUT2D eigenvalue weighted by Crippen LogP contribution is -1.94. The number of rotatable bonds is 5. The largest absolute Gasteiger partial charge is 0.478 e. The summed E-state index contributed by atoms with van der Waals surface area (Å²) in [6.07, 6.45) is 6.13. The molecule has 0 bridgehead atoms. The number of carboxylic acid groups (broad SMARTS) is 1. The van der Waals surface area contributed by atoms with Crippen LogP contribution in [0.1, 0.15) is 27.9 Å². The predicted molar refractivity (Wildman–Crippen MR) is 77.2 cm³/mol. The lowest BCUT2D eigenvalue weighted by Gasteiger charge is -1.98. The van der Waals surface area contributed by atoms with Gasteiger partial charge in [0, 0.05) is 0 Å². The van der Waals surface area contributed by atoms with Crippen LogP contribution >= 0.6 is 0 Å². The van der Waals surface area contributed by atoms with Crippen molar-refractivity contribution in [3.8, 4) is 0 Å². The number of aromatic carboxylic acids is 1. The molecule has 0 fully saturated rings. The molecule has 0 radical (unpaired) electrons. The van der Waals surface area contributed by atoms with Crippen LogP contribution in [0.2, 0.25) is 0 Å². The molecule has 1 N–H and O–H groups in total. The first-order chi connectivity index (χ1) is 9.25. The fourth-order valence-electron chi connectivity index (χ4n) is 1.85. The number of allylic oxidation sites excluding steroid dienone is 1. The quantitative estimate of drug-likeness (QED) is 0.872. The molecule has 0 saturated carbocycles. The second-order valence-corrected chi connectivity index (χ2v) is 4.35. The van der Waals surface area contributed by atoms with Crippen molar-refractivity contribution in [2.24, 2.45) is 0 Å². The van der Waals surface area contributed by atoms with Gasteiger partial charge in [0.25, 0.3) is 0 Å². The summed E-state index contributed by atoms with van der Waals surface area (Å²) >= 11 is 0. The van der Waals surface area contributed by atoms with Crippen LogP contribution in [0.5, 0.6) is 0 Å². The fraction of sp³-hybridized carbons (Fsp3) is 0.118. The molecule has 0 unspecified atom stereocenters. The molecule has 19 heavy (non-hydrogen) atoms. The Balaban J connectivity index is 1.87. The third kappa shape index (κ3) is 4.11. The number of carboxylic acids is 1. The summed E-state index contributed by atoms with van der Waals surface area (Å²) in [7, 11) is 0. The second-order valence-electron chi connectivity index (χ2n) is 4.35. The first-order valence-corrected chi connectivity index (χ1v) is 6.29. The van der Waals surface area contributed by atoms with Gasteiger partial charge in [0.05, 0.1) is 5.56 Å². The highest BCUT2D eigenvalue weighted by Crippen LogP contribution is 2.08. The van der Waals surface area contributed by atoms with Gasteiger partial charge in [-0.15, -0.1) is 0 Å². The molecule has 2 rings (SSSR count). The zero-order chi connectivity index (χ0) is 13.5. The van der Waals surface area contributed by atoms with Crippen LogP contribution in [0.3, 0.4) is 0 Å². The highest BCUT2D eigenvalue weighted by molar-refractivity contribution is 5.87. The van der Waals surface area contributed by atoms with Gasteiger partial charge in [-0.05, 0) is 36.1 Å². The maximum Gasteiger partial charge on any atom is 0.335 e. The Morgan fingerprint density at radius 1 is 1.00 bits per heavy atom. The number of carbonyl (C=O) groups is 1. The van der Waals surface area contributed by atoms with E-state index in [1.807, 2.05) is 36.4 Å². The molecule has 0 aliphatic carbocycles. The summed E-state index contributed by atoms with van der Waals surface area (Å²) in [4.78, 5) is 10.7. The topological polar surface area (TPSA) is 37.3 Å². The molecule has 0 aromatic heterocycles. The minimum atomic E-state index is -0.889. The van der Waals surface area contributed by atoms with Crippen molar-refractivity contribution < 1.29 is 9.90 Å². The van der Waals surface area contributed by atoms with Gasteiger partial charge in [-0.25, -0.2) is 4.79 Å². The Morgan fingerprint density at radius 2 is 1.68 bits per heavy atom. The molecule has 2 aromatic rings. The zero-order valence-corrected chi connectivity index (χ0v) is 10.6. The summed E-state index contributed by atoms with van der Waals surface area (Å²) in [6.45, 7) is 0. The lowest BCUT2D eigenvalue weighted by molar-refractivity contribution is 0.0697. The van der Waals surface area contributed by atoms with E-state index in [1.165, 1.54) is 5.56 Å². The summed E-state index contributed by atoms with van der Waals surface area (Å²) < 4.78 is 0. The van der Waals surface area contributed by atoms with Crippen molar-refractivity contribution in [1.29, 1.82) is 0 Å². The molecule has 96 valence electrons. The molecule has 2 heteroatoms. The van der Waals surface area contributed by atoms with E-state index < -0.39 is 5.97 Å². The van der Waals surface area contributed by atoms with Crippen LogP contribution in [-0.2, 0) is 6.42 Å². The summed E-state index contributed by atoms with van der Waals surface area (Å²) in [5.74, 6) is -0.889. The number of hydrogen-bond donors (Lipinski definition) is 1. The Kier molecular flexibility index (Phi) is 4.51. The molecule has 0 saturated heterocycles. The molecule has 0 aliphatic rings. The number of hydrogen-bond acceptors (Lipinski definition) is 1. The van der Waals surface area contributed by atoms with E-state index in [4.69, 9.17) is 5.11 Å². The van der Waals surface area contributed by atoms with Crippen LogP contribution < -0.4 is 0 Å². The molecule has 0 atom stereocenters. The van der Waals surface area contributed by atoms with Crippen LogP contribution in [0.4, 0.5) is 0 Å². The van der Waals surface area contributed by atoms with E-state index in [2.05, 4.69) is 18.2 Å². The van der Waals surface area contributed by atoms with Crippen molar-refractivity contribution >= 4 is 12.0 Å². The van der Waals surface area contributed by atoms with Gasteiger partial charge in [-0.1, -0.05) is 54.6 Å². The molecule has 2 aromatic carbocycles. The van der Waals surface area contributed by atoms with E-state index in [0.717, 1.165) is 18.4 Å². The van der Waals surface area contributed by atoms with Crippen LogP contribution in [0, 0.1) is 0 Å². The maximum atomic E-state index is 10.7. The monoisotopic (exact) mass is 252 g/mol. The standard InChI is InChI=1S/C17H16O2/c18-17(19)16-12-10-15(11-13-16)9-5-4-8-14-6-2-1-3-7-14/h1-3,5-7,9-13H,4,8H2,(H,18,19). The van der Waals surface area contributed by atoms with Gasteiger partial charge < -0.3 is 5.11 Å². The zero-order valence-electron chi connectivity index (χ0n) is 10.6. The average molecular weight is 252 g/mol. The van der Waals surface area contributed by atoms with Crippen molar-refractivity contribution in [2.45, 2.75) is 12.8 Å². The molecule has 0 heterocycles. The highest BCUT2D eigenvalue weighted by Gasteiger charge is 1.99. The van der Waals surface area contributed by atoms with Crippen LogP contribution in [0.25, 0.3) is 6.08 Å².